The van der Waals surface area contributed by atoms with Crippen molar-refractivity contribution in [2.24, 2.45) is 0 Å². The first-order valence-electron chi connectivity index (χ1n) is 7.17. The number of hydrogen-bond acceptors (Lipinski definition) is 4. The number of nitrogens with one attached hydrogen (secondary N) is 1. The summed E-state index contributed by atoms with van der Waals surface area (Å²) in [6.07, 6.45) is 0.916. The molecule has 0 amide bonds. The largest absolute Gasteiger partial charge is 0.485 e. The molecule has 2 aromatic rings. The van der Waals surface area contributed by atoms with Crippen LogP contribution < -0.4 is 19.5 Å². The van der Waals surface area contributed by atoms with Gasteiger partial charge in [0, 0.05) is 18.0 Å². The zero-order valence-corrected chi connectivity index (χ0v) is 11.8. The first-order valence-corrected chi connectivity index (χ1v) is 7.17. The van der Waals surface area contributed by atoms with Gasteiger partial charge in [-0.1, -0.05) is 24.3 Å². The molecule has 0 bridgehead atoms. The number of ether oxygens (including phenoxy) is 3. The number of fused-ring (bicyclic) bond motifs is 2. The summed E-state index contributed by atoms with van der Waals surface area (Å²) in [4.78, 5) is 0. The summed E-state index contributed by atoms with van der Waals surface area (Å²) in [7, 11) is 1.99. The van der Waals surface area contributed by atoms with Crippen LogP contribution >= 0.6 is 0 Å². The third-order valence-electron chi connectivity index (χ3n) is 4.13. The van der Waals surface area contributed by atoms with E-state index in [-0.39, 0.29) is 6.10 Å². The van der Waals surface area contributed by atoms with Gasteiger partial charge in [-0.25, -0.2) is 0 Å². The maximum absolute atomic E-state index is 6.17. The van der Waals surface area contributed by atoms with E-state index < -0.39 is 0 Å². The average molecular weight is 283 g/mol. The summed E-state index contributed by atoms with van der Waals surface area (Å²) in [5, 5.41) is 3.38. The van der Waals surface area contributed by atoms with E-state index in [2.05, 4.69) is 17.4 Å². The molecule has 21 heavy (non-hydrogen) atoms. The normalized spacial score (nSPS) is 22.5. The van der Waals surface area contributed by atoms with Crippen molar-refractivity contribution in [3.05, 3.63) is 53.6 Å². The fourth-order valence-electron chi connectivity index (χ4n) is 3.01. The number of benzene rings is 2. The summed E-state index contributed by atoms with van der Waals surface area (Å²) in [5.41, 5.74) is 2.34. The van der Waals surface area contributed by atoms with Crippen molar-refractivity contribution in [1.29, 1.82) is 0 Å². The lowest BCUT2D eigenvalue weighted by Crippen LogP contribution is -2.26. The molecular formula is C17H17NO3. The molecule has 0 aliphatic carbocycles. The van der Waals surface area contributed by atoms with Crippen molar-refractivity contribution in [3.63, 3.8) is 0 Å². The Hall–Kier alpha value is -2.20. The van der Waals surface area contributed by atoms with Gasteiger partial charge in [-0.3, -0.25) is 0 Å². The Bertz CT molecular complexity index is 671. The van der Waals surface area contributed by atoms with E-state index in [0.717, 1.165) is 29.2 Å². The minimum atomic E-state index is 0.0202. The maximum atomic E-state index is 6.17. The topological polar surface area (TPSA) is 39.7 Å². The molecule has 0 radical (unpaired) electrons. The lowest BCUT2D eigenvalue weighted by atomic mass is 9.93. The molecule has 4 nitrogen and oxygen atoms in total. The van der Waals surface area contributed by atoms with Crippen molar-refractivity contribution in [1.82, 2.24) is 5.32 Å². The van der Waals surface area contributed by atoms with Crippen LogP contribution in [0.5, 0.6) is 17.2 Å². The van der Waals surface area contributed by atoms with E-state index in [1.165, 1.54) is 5.56 Å². The van der Waals surface area contributed by atoms with Crippen molar-refractivity contribution in [3.8, 4) is 17.2 Å². The van der Waals surface area contributed by atoms with E-state index in [4.69, 9.17) is 14.2 Å². The third kappa shape index (κ3) is 2.12. The second kappa shape index (κ2) is 4.97. The first-order chi connectivity index (χ1) is 10.3. The standard InChI is InChI=1S/C17H17NO3/c1-18-13-9-16(21-14-5-3-2-4-12(13)14)11-6-7-15-17(8-11)20-10-19-15/h2-8,13,16,18H,9-10H2,1H3. The summed E-state index contributed by atoms with van der Waals surface area (Å²) in [6, 6.07) is 14.5. The molecule has 2 heterocycles. The monoisotopic (exact) mass is 283 g/mol. The molecule has 108 valence electrons. The van der Waals surface area contributed by atoms with Crippen LogP contribution in [0.15, 0.2) is 42.5 Å². The summed E-state index contributed by atoms with van der Waals surface area (Å²) in [6.45, 7) is 0.298. The molecule has 2 unspecified atom stereocenters. The highest BCUT2D eigenvalue weighted by molar-refractivity contribution is 5.46. The van der Waals surface area contributed by atoms with E-state index in [1.54, 1.807) is 0 Å². The Labute approximate surface area is 123 Å². The van der Waals surface area contributed by atoms with Crippen LogP contribution in [0.1, 0.15) is 29.7 Å². The predicted octanol–water partition coefficient (Wildman–Crippen LogP) is 3.20. The molecule has 2 aliphatic heterocycles. The lowest BCUT2D eigenvalue weighted by Gasteiger charge is -2.32. The molecule has 1 N–H and O–H groups in total. The van der Waals surface area contributed by atoms with Crippen LogP contribution in [-0.4, -0.2) is 13.8 Å². The van der Waals surface area contributed by atoms with Gasteiger partial charge in [0.1, 0.15) is 11.9 Å². The molecule has 4 rings (SSSR count). The Morgan fingerprint density at radius 1 is 1.00 bits per heavy atom. The minimum Gasteiger partial charge on any atom is -0.485 e. The van der Waals surface area contributed by atoms with Gasteiger partial charge in [-0.2, -0.15) is 0 Å². The summed E-state index contributed by atoms with van der Waals surface area (Å²) < 4.78 is 17.0. The van der Waals surface area contributed by atoms with Gasteiger partial charge in [-0.15, -0.1) is 0 Å². The maximum Gasteiger partial charge on any atom is 0.231 e. The smallest absolute Gasteiger partial charge is 0.231 e. The Morgan fingerprint density at radius 2 is 1.86 bits per heavy atom. The van der Waals surface area contributed by atoms with Gasteiger partial charge >= 0.3 is 0 Å². The fourth-order valence-corrected chi connectivity index (χ4v) is 3.01. The Morgan fingerprint density at radius 3 is 2.76 bits per heavy atom. The quantitative estimate of drug-likeness (QED) is 0.918. The zero-order chi connectivity index (χ0) is 14.2. The van der Waals surface area contributed by atoms with Crippen molar-refractivity contribution in [2.45, 2.75) is 18.6 Å². The second-order valence-corrected chi connectivity index (χ2v) is 5.33. The number of hydrogen-bond donors (Lipinski definition) is 1. The molecule has 0 aromatic heterocycles. The van der Waals surface area contributed by atoms with Gasteiger partial charge in [0.05, 0.1) is 0 Å². The van der Waals surface area contributed by atoms with Gasteiger partial charge in [0.15, 0.2) is 11.5 Å². The van der Waals surface area contributed by atoms with Crippen LogP contribution in [-0.2, 0) is 0 Å². The zero-order valence-electron chi connectivity index (χ0n) is 11.8. The average Bonchev–Trinajstić information content (AvgIpc) is 3.01. The van der Waals surface area contributed by atoms with E-state index in [9.17, 15) is 0 Å². The first kappa shape index (κ1) is 12.5. The van der Waals surface area contributed by atoms with E-state index >= 15 is 0 Å². The molecule has 0 spiro atoms. The van der Waals surface area contributed by atoms with E-state index in [1.807, 2.05) is 37.4 Å². The molecule has 2 aliphatic rings. The Balaban J connectivity index is 1.68. The molecule has 0 saturated heterocycles. The number of para-hydroxylation sites is 1. The van der Waals surface area contributed by atoms with Crippen LogP contribution in [0.2, 0.25) is 0 Å². The minimum absolute atomic E-state index is 0.0202. The van der Waals surface area contributed by atoms with Gasteiger partial charge < -0.3 is 19.5 Å². The molecular weight excluding hydrogens is 266 g/mol. The van der Waals surface area contributed by atoms with E-state index in [0.29, 0.717) is 12.8 Å². The third-order valence-corrected chi connectivity index (χ3v) is 4.13. The molecule has 4 heteroatoms. The van der Waals surface area contributed by atoms with Crippen molar-refractivity contribution < 1.29 is 14.2 Å². The van der Waals surface area contributed by atoms with Crippen LogP contribution in [0, 0.1) is 0 Å². The number of rotatable bonds is 2. The summed E-state index contributed by atoms with van der Waals surface area (Å²) in [5.74, 6) is 2.56. The van der Waals surface area contributed by atoms with Crippen molar-refractivity contribution >= 4 is 0 Å². The highest BCUT2D eigenvalue weighted by atomic mass is 16.7. The molecule has 0 fully saturated rings. The second-order valence-electron chi connectivity index (χ2n) is 5.33. The highest BCUT2D eigenvalue weighted by Crippen LogP contribution is 2.42. The molecule has 2 atom stereocenters. The highest BCUT2D eigenvalue weighted by Gasteiger charge is 2.29. The van der Waals surface area contributed by atoms with Crippen LogP contribution in [0.3, 0.4) is 0 Å². The predicted molar refractivity (Wildman–Crippen MR) is 78.8 cm³/mol. The lowest BCUT2D eigenvalue weighted by molar-refractivity contribution is 0.153. The van der Waals surface area contributed by atoms with Crippen molar-refractivity contribution in [2.75, 3.05) is 13.8 Å². The van der Waals surface area contributed by atoms with Crippen LogP contribution in [0.4, 0.5) is 0 Å². The van der Waals surface area contributed by atoms with Crippen LogP contribution in [0.25, 0.3) is 0 Å². The van der Waals surface area contributed by atoms with Gasteiger partial charge in [0.25, 0.3) is 0 Å². The van der Waals surface area contributed by atoms with Gasteiger partial charge in [0.2, 0.25) is 6.79 Å². The van der Waals surface area contributed by atoms with Gasteiger partial charge in [-0.05, 0) is 30.8 Å². The summed E-state index contributed by atoms with van der Waals surface area (Å²) >= 11 is 0. The fraction of sp³-hybridized carbons (Fsp3) is 0.294. The SMILES string of the molecule is CNC1CC(c2ccc3c(c2)OCO3)Oc2ccccc21. The molecule has 2 aromatic carbocycles. The Kier molecular flexibility index (Phi) is 2.97. The molecule has 0 saturated carbocycles.